The highest BCUT2D eigenvalue weighted by atomic mass is 19.1. The fourth-order valence-electron chi connectivity index (χ4n) is 3.08. The Hall–Kier alpha value is -1.00. The smallest absolute Gasteiger partial charge is 0.126 e. The molecule has 4 heteroatoms. The van der Waals surface area contributed by atoms with Gasteiger partial charge in [-0.2, -0.15) is 0 Å². The number of halogens is 2. The Morgan fingerprint density at radius 2 is 1.86 bits per heavy atom. The first-order valence-corrected chi connectivity index (χ1v) is 7.89. The Kier molecular flexibility index (Phi) is 5.71. The summed E-state index contributed by atoms with van der Waals surface area (Å²) >= 11 is 0. The molecule has 0 saturated carbocycles. The molecule has 1 saturated heterocycles. The maximum Gasteiger partial charge on any atom is 0.126 e. The van der Waals surface area contributed by atoms with Gasteiger partial charge in [0.25, 0.3) is 0 Å². The van der Waals surface area contributed by atoms with Crippen LogP contribution in [0, 0.1) is 17.6 Å². The number of benzene rings is 1. The second-order valence-corrected chi connectivity index (χ2v) is 6.52. The van der Waals surface area contributed by atoms with Crippen molar-refractivity contribution in [2.75, 3.05) is 19.6 Å². The lowest BCUT2D eigenvalue weighted by Gasteiger charge is -2.33. The minimum atomic E-state index is -0.500. The van der Waals surface area contributed by atoms with Crippen LogP contribution in [0.3, 0.4) is 0 Å². The van der Waals surface area contributed by atoms with Gasteiger partial charge in [0.15, 0.2) is 0 Å². The molecule has 0 radical (unpaired) electrons. The second-order valence-electron chi connectivity index (χ2n) is 6.52. The molecule has 2 rings (SSSR count). The summed E-state index contributed by atoms with van der Waals surface area (Å²) in [7, 11) is 0. The van der Waals surface area contributed by atoms with E-state index >= 15 is 0 Å². The zero-order valence-corrected chi connectivity index (χ0v) is 13.2. The molecule has 1 fully saturated rings. The average molecular weight is 296 g/mol. The third-order valence-corrected chi connectivity index (χ3v) is 4.13. The number of nitrogens with one attached hydrogen (secondary N) is 1. The van der Waals surface area contributed by atoms with Crippen LogP contribution in [0.2, 0.25) is 0 Å². The fourth-order valence-corrected chi connectivity index (χ4v) is 3.08. The van der Waals surface area contributed by atoms with Crippen LogP contribution in [0.4, 0.5) is 8.78 Å². The number of rotatable bonds is 6. The summed E-state index contributed by atoms with van der Waals surface area (Å²) in [5.41, 5.74) is 0.714. The number of nitrogens with zero attached hydrogens (tertiary/aromatic N) is 1. The first kappa shape index (κ1) is 16.4. The SMILES string of the molecule is CC(C)CN(CC1CCCN1)C(C)c1cc(F)cc(F)c1. The minimum absolute atomic E-state index is 0.0139. The van der Waals surface area contributed by atoms with Gasteiger partial charge in [-0.05, 0) is 49.9 Å². The van der Waals surface area contributed by atoms with Crippen molar-refractivity contribution in [2.24, 2.45) is 5.92 Å². The second kappa shape index (κ2) is 7.32. The largest absolute Gasteiger partial charge is 0.313 e. The molecule has 2 atom stereocenters. The quantitative estimate of drug-likeness (QED) is 0.860. The van der Waals surface area contributed by atoms with Gasteiger partial charge in [0.2, 0.25) is 0 Å². The van der Waals surface area contributed by atoms with Crippen LogP contribution in [0.25, 0.3) is 0 Å². The molecule has 0 spiro atoms. The molecule has 2 unspecified atom stereocenters. The monoisotopic (exact) mass is 296 g/mol. The van der Waals surface area contributed by atoms with Gasteiger partial charge >= 0.3 is 0 Å². The van der Waals surface area contributed by atoms with Gasteiger partial charge in [0, 0.05) is 31.2 Å². The molecule has 0 bridgehead atoms. The van der Waals surface area contributed by atoms with E-state index in [1.54, 1.807) is 0 Å². The zero-order chi connectivity index (χ0) is 15.4. The Bertz CT molecular complexity index is 436. The van der Waals surface area contributed by atoms with E-state index < -0.39 is 11.6 Å². The third-order valence-electron chi connectivity index (χ3n) is 4.13. The predicted molar refractivity (Wildman–Crippen MR) is 82.2 cm³/mol. The summed E-state index contributed by atoms with van der Waals surface area (Å²) in [5, 5.41) is 3.50. The van der Waals surface area contributed by atoms with Crippen LogP contribution in [-0.2, 0) is 0 Å². The molecule has 21 heavy (non-hydrogen) atoms. The molecule has 1 N–H and O–H groups in total. The number of hydrogen-bond donors (Lipinski definition) is 1. The van der Waals surface area contributed by atoms with Gasteiger partial charge in [0.1, 0.15) is 11.6 Å². The van der Waals surface area contributed by atoms with Gasteiger partial charge in [-0.15, -0.1) is 0 Å². The standard InChI is InChI=1S/C17H26F2N2/c1-12(2)10-21(11-17-5-4-6-20-17)13(3)14-7-15(18)9-16(19)8-14/h7-9,12-13,17,20H,4-6,10-11H2,1-3H3. The lowest BCUT2D eigenvalue weighted by Crippen LogP contribution is -2.40. The molecular formula is C17H26F2N2. The van der Waals surface area contributed by atoms with Crippen molar-refractivity contribution in [3.05, 3.63) is 35.4 Å². The molecule has 1 aliphatic heterocycles. The van der Waals surface area contributed by atoms with Crippen molar-refractivity contribution in [3.63, 3.8) is 0 Å². The highest BCUT2D eigenvalue weighted by molar-refractivity contribution is 5.21. The van der Waals surface area contributed by atoms with Crippen molar-refractivity contribution in [1.29, 1.82) is 0 Å². The van der Waals surface area contributed by atoms with Gasteiger partial charge in [-0.25, -0.2) is 8.78 Å². The first-order valence-electron chi connectivity index (χ1n) is 7.89. The topological polar surface area (TPSA) is 15.3 Å². The molecule has 1 aliphatic rings. The first-order chi connectivity index (χ1) is 9.95. The predicted octanol–water partition coefficient (Wildman–Crippen LogP) is 3.74. The Morgan fingerprint density at radius 3 is 2.38 bits per heavy atom. The van der Waals surface area contributed by atoms with Crippen LogP contribution in [-0.4, -0.2) is 30.6 Å². The van der Waals surface area contributed by atoms with Crippen LogP contribution < -0.4 is 5.32 Å². The maximum absolute atomic E-state index is 13.4. The minimum Gasteiger partial charge on any atom is -0.313 e. The van der Waals surface area contributed by atoms with Crippen molar-refractivity contribution >= 4 is 0 Å². The van der Waals surface area contributed by atoms with Crippen LogP contribution in [0.5, 0.6) is 0 Å². The molecule has 0 amide bonds. The van der Waals surface area contributed by atoms with E-state index in [0.717, 1.165) is 25.7 Å². The lowest BCUT2D eigenvalue weighted by atomic mass is 10.0. The zero-order valence-electron chi connectivity index (χ0n) is 13.2. The summed E-state index contributed by atoms with van der Waals surface area (Å²) < 4.78 is 26.9. The van der Waals surface area contributed by atoms with Crippen molar-refractivity contribution < 1.29 is 8.78 Å². The number of hydrogen-bond acceptors (Lipinski definition) is 2. The molecule has 1 aromatic carbocycles. The highest BCUT2D eigenvalue weighted by Gasteiger charge is 2.23. The van der Waals surface area contributed by atoms with E-state index in [0.29, 0.717) is 17.5 Å². The molecule has 2 nitrogen and oxygen atoms in total. The molecule has 118 valence electrons. The van der Waals surface area contributed by atoms with E-state index in [1.165, 1.54) is 25.0 Å². The lowest BCUT2D eigenvalue weighted by molar-refractivity contribution is 0.171. The van der Waals surface area contributed by atoms with Crippen LogP contribution >= 0.6 is 0 Å². The molecule has 0 aromatic heterocycles. The van der Waals surface area contributed by atoms with Crippen LogP contribution in [0.1, 0.15) is 45.2 Å². The van der Waals surface area contributed by atoms with E-state index in [1.807, 2.05) is 6.92 Å². The summed E-state index contributed by atoms with van der Waals surface area (Å²) in [6, 6.07) is 4.33. The summed E-state index contributed by atoms with van der Waals surface area (Å²) in [6.45, 7) is 9.31. The third kappa shape index (κ3) is 4.75. The molecule has 1 aromatic rings. The Morgan fingerprint density at radius 1 is 1.19 bits per heavy atom. The molecule has 0 aliphatic carbocycles. The fraction of sp³-hybridized carbons (Fsp3) is 0.647. The van der Waals surface area contributed by atoms with Gasteiger partial charge < -0.3 is 5.32 Å². The van der Waals surface area contributed by atoms with E-state index in [9.17, 15) is 8.78 Å². The Balaban J connectivity index is 2.13. The van der Waals surface area contributed by atoms with E-state index in [4.69, 9.17) is 0 Å². The van der Waals surface area contributed by atoms with E-state index in [-0.39, 0.29) is 6.04 Å². The van der Waals surface area contributed by atoms with Crippen molar-refractivity contribution in [1.82, 2.24) is 10.2 Å². The summed E-state index contributed by atoms with van der Waals surface area (Å²) in [4.78, 5) is 2.34. The van der Waals surface area contributed by atoms with Gasteiger partial charge in [0.05, 0.1) is 0 Å². The van der Waals surface area contributed by atoms with Crippen molar-refractivity contribution in [2.45, 2.75) is 45.7 Å². The summed E-state index contributed by atoms with van der Waals surface area (Å²) in [6.07, 6.45) is 2.39. The van der Waals surface area contributed by atoms with Gasteiger partial charge in [-0.1, -0.05) is 13.8 Å². The maximum atomic E-state index is 13.4. The van der Waals surface area contributed by atoms with Gasteiger partial charge in [-0.3, -0.25) is 4.90 Å². The van der Waals surface area contributed by atoms with E-state index in [2.05, 4.69) is 24.1 Å². The molecule has 1 heterocycles. The molecular weight excluding hydrogens is 270 g/mol. The Labute approximate surface area is 126 Å². The highest BCUT2D eigenvalue weighted by Crippen LogP contribution is 2.24. The van der Waals surface area contributed by atoms with Crippen LogP contribution in [0.15, 0.2) is 18.2 Å². The normalized spacial score (nSPS) is 20.4. The average Bonchev–Trinajstić information content (AvgIpc) is 2.88. The van der Waals surface area contributed by atoms with Crippen molar-refractivity contribution in [3.8, 4) is 0 Å². The summed E-state index contributed by atoms with van der Waals surface area (Å²) in [5.74, 6) is -0.479.